The van der Waals surface area contributed by atoms with Gasteiger partial charge in [0, 0.05) is 17.1 Å². The number of rotatable bonds is 10. The summed E-state index contributed by atoms with van der Waals surface area (Å²) in [6.07, 6.45) is 1.55. The molecule has 2 N–H and O–H groups in total. The van der Waals surface area contributed by atoms with Gasteiger partial charge in [-0.3, -0.25) is 4.79 Å². The minimum atomic E-state index is -0.508. The highest BCUT2D eigenvalue weighted by molar-refractivity contribution is 7.99. The largest absolute Gasteiger partial charge is 0.469 e. The number of hydrogen-bond donors (Lipinski definition) is 2. The Bertz CT molecular complexity index is 514. The van der Waals surface area contributed by atoms with E-state index in [0.29, 0.717) is 18.6 Å². The molecule has 1 rings (SSSR count). The average molecular weight is 355 g/mol. The van der Waals surface area contributed by atoms with Crippen LogP contribution in [0.1, 0.15) is 52.0 Å². The summed E-state index contributed by atoms with van der Waals surface area (Å²) in [6, 6.07) is 8.32. The number of aliphatic hydroxyl groups excluding tert-OH is 2. The number of aliphatic hydroxyl groups is 2. The Kier molecular flexibility index (Phi) is 8.81. The standard InChI is InChI=1S/C19H30O4S/c1-14(20)11-16(21)13-24-17-8-5-7-15(12-17)19(2,3)10-6-9-18(22)23-4/h5,7-8,12,14,16,20-21H,6,9-11,13H2,1-4H3. The summed E-state index contributed by atoms with van der Waals surface area (Å²) < 4.78 is 4.69. The van der Waals surface area contributed by atoms with Gasteiger partial charge in [0.2, 0.25) is 0 Å². The second kappa shape index (κ2) is 10.1. The van der Waals surface area contributed by atoms with Crippen LogP contribution >= 0.6 is 11.8 Å². The maximum atomic E-state index is 11.2. The van der Waals surface area contributed by atoms with Gasteiger partial charge in [0.1, 0.15) is 0 Å². The van der Waals surface area contributed by atoms with Gasteiger partial charge in [0.15, 0.2) is 0 Å². The smallest absolute Gasteiger partial charge is 0.305 e. The van der Waals surface area contributed by atoms with E-state index in [1.807, 2.05) is 12.1 Å². The van der Waals surface area contributed by atoms with Crippen molar-refractivity contribution in [3.63, 3.8) is 0 Å². The lowest BCUT2D eigenvalue weighted by Crippen LogP contribution is -2.18. The number of benzene rings is 1. The van der Waals surface area contributed by atoms with Crippen LogP contribution in [0.3, 0.4) is 0 Å². The minimum Gasteiger partial charge on any atom is -0.469 e. The molecule has 0 saturated heterocycles. The predicted molar refractivity (Wildman–Crippen MR) is 98.4 cm³/mol. The normalized spacial score (nSPS) is 14.2. The highest BCUT2D eigenvalue weighted by Crippen LogP contribution is 2.32. The van der Waals surface area contributed by atoms with Crippen molar-refractivity contribution in [3.05, 3.63) is 29.8 Å². The van der Waals surface area contributed by atoms with Crippen LogP contribution in [-0.4, -0.2) is 41.3 Å². The summed E-state index contributed by atoms with van der Waals surface area (Å²) in [6.45, 7) is 6.04. The third-order valence-corrected chi connectivity index (χ3v) is 5.22. The Balaban J connectivity index is 2.60. The molecule has 0 aromatic heterocycles. The Hall–Kier alpha value is -1.04. The van der Waals surface area contributed by atoms with Crippen molar-refractivity contribution in [2.24, 2.45) is 0 Å². The second-order valence-corrected chi connectivity index (χ2v) is 7.98. The quantitative estimate of drug-likeness (QED) is 0.497. The van der Waals surface area contributed by atoms with Crippen LogP contribution in [0.15, 0.2) is 29.2 Å². The zero-order valence-corrected chi connectivity index (χ0v) is 15.9. The molecule has 2 atom stereocenters. The zero-order chi connectivity index (χ0) is 18.2. The van der Waals surface area contributed by atoms with Crippen LogP contribution in [0.25, 0.3) is 0 Å². The highest BCUT2D eigenvalue weighted by Gasteiger charge is 2.21. The Labute approximate surface area is 149 Å². The Morgan fingerprint density at radius 3 is 2.67 bits per heavy atom. The molecule has 0 bridgehead atoms. The summed E-state index contributed by atoms with van der Waals surface area (Å²) >= 11 is 1.60. The molecule has 24 heavy (non-hydrogen) atoms. The summed E-state index contributed by atoms with van der Waals surface area (Å²) in [4.78, 5) is 12.4. The summed E-state index contributed by atoms with van der Waals surface area (Å²) in [7, 11) is 1.42. The topological polar surface area (TPSA) is 66.8 Å². The first-order chi connectivity index (χ1) is 11.2. The number of thioether (sulfide) groups is 1. The SMILES string of the molecule is COC(=O)CCCC(C)(C)c1cccc(SCC(O)CC(C)O)c1. The van der Waals surface area contributed by atoms with Gasteiger partial charge in [-0.1, -0.05) is 26.0 Å². The summed E-state index contributed by atoms with van der Waals surface area (Å²) in [5.41, 5.74) is 1.20. The first kappa shape index (κ1) is 21.0. The zero-order valence-electron chi connectivity index (χ0n) is 15.1. The molecule has 2 unspecified atom stereocenters. The van der Waals surface area contributed by atoms with Crippen molar-refractivity contribution in [1.82, 2.24) is 0 Å². The number of methoxy groups -OCH3 is 1. The number of hydrogen-bond acceptors (Lipinski definition) is 5. The van der Waals surface area contributed by atoms with E-state index in [9.17, 15) is 15.0 Å². The molecule has 0 amide bonds. The van der Waals surface area contributed by atoms with E-state index in [4.69, 9.17) is 0 Å². The molecule has 0 saturated carbocycles. The monoisotopic (exact) mass is 354 g/mol. The second-order valence-electron chi connectivity index (χ2n) is 6.89. The van der Waals surface area contributed by atoms with Crippen LogP contribution in [0.2, 0.25) is 0 Å². The molecular weight excluding hydrogens is 324 g/mol. The maximum absolute atomic E-state index is 11.2. The minimum absolute atomic E-state index is 0.0250. The van der Waals surface area contributed by atoms with E-state index < -0.39 is 12.2 Å². The molecule has 0 spiro atoms. The molecule has 4 nitrogen and oxygen atoms in total. The van der Waals surface area contributed by atoms with E-state index >= 15 is 0 Å². The number of carbonyl (C=O) groups is 1. The van der Waals surface area contributed by atoms with Crippen molar-refractivity contribution in [2.45, 2.75) is 69.0 Å². The lowest BCUT2D eigenvalue weighted by atomic mass is 9.80. The fourth-order valence-corrected chi connectivity index (χ4v) is 3.49. The molecule has 5 heteroatoms. The van der Waals surface area contributed by atoms with E-state index in [1.165, 1.54) is 12.7 Å². The van der Waals surface area contributed by atoms with Crippen LogP contribution in [-0.2, 0) is 14.9 Å². The summed E-state index contributed by atoms with van der Waals surface area (Å²) in [5, 5.41) is 19.2. The third kappa shape index (κ3) is 7.69. The van der Waals surface area contributed by atoms with Crippen LogP contribution < -0.4 is 0 Å². The Morgan fingerprint density at radius 2 is 2.04 bits per heavy atom. The fraction of sp³-hybridized carbons (Fsp3) is 0.632. The maximum Gasteiger partial charge on any atom is 0.305 e. The summed E-state index contributed by atoms with van der Waals surface area (Å²) in [5.74, 6) is 0.402. The van der Waals surface area contributed by atoms with Gasteiger partial charge in [-0.05, 0) is 49.3 Å². The predicted octanol–water partition coefficient (Wildman–Crippen LogP) is 3.53. The number of carbonyl (C=O) groups excluding carboxylic acids is 1. The van der Waals surface area contributed by atoms with Crippen LogP contribution in [0.5, 0.6) is 0 Å². The van der Waals surface area contributed by atoms with Crippen LogP contribution in [0.4, 0.5) is 0 Å². The van der Waals surface area contributed by atoms with E-state index in [-0.39, 0.29) is 11.4 Å². The molecule has 1 aromatic carbocycles. The molecule has 0 aliphatic carbocycles. The molecule has 1 aromatic rings. The van der Waals surface area contributed by atoms with E-state index in [2.05, 4.69) is 30.7 Å². The molecule has 0 aliphatic rings. The lowest BCUT2D eigenvalue weighted by molar-refractivity contribution is -0.140. The van der Waals surface area contributed by atoms with Crippen molar-refractivity contribution < 1.29 is 19.7 Å². The van der Waals surface area contributed by atoms with Gasteiger partial charge < -0.3 is 14.9 Å². The van der Waals surface area contributed by atoms with E-state index in [0.717, 1.165) is 17.7 Å². The van der Waals surface area contributed by atoms with Crippen LogP contribution in [0, 0.1) is 0 Å². The highest BCUT2D eigenvalue weighted by atomic mass is 32.2. The third-order valence-electron chi connectivity index (χ3n) is 4.08. The molecule has 0 heterocycles. The fourth-order valence-electron chi connectivity index (χ4n) is 2.58. The van der Waals surface area contributed by atoms with Gasteiger partial charge in [-0.25, -0.2) is 0 Å². The van der Waals surface area contributed by atoms with Gasteiger partial charge >= 0.3 is 5.97 Å². The lowest BCUT2D eigenvalue weighted by Gasteiger charge is -2.26. The first-order valence-electron chi connectivity index (χ1n) is 8.41. The van der Waals surface area contributed by atoms with Gasteiger partial charge in [0.25, 0.3) is 0 Å². The average Bonchev–Trinajstić information content (AvgIpc) is 2.52. The first-order valence-corrected chi connectivity index (χ1v) is 9.39. The Morgan fingerprint density at radius 1 is 1.33 bits per heavy atom. The van der Waals surface area contributed by atoms with E-state index in [1.54, 1.807) is 18.7 Å². The van der Waals surface area contributed by atoms with Gasteiger partial charge in [0.05, 0.1) is 19.3 Å². The van der Waals surface area contributed by atoms with Gasteiger partial charge in [-0.15, -0.1) is 11.8 Å². The molecule has 0 aliphatic heterocycles. The van der Waals surface area contributed by atoms with Crippen molar-refractivity contribution in [3.8, 4) is 0 Å². The number of esters is 1. The van der Waals surface area contributed by atoms with Gasteiger partial charge in [-0.2, -0.15) is 0 Å². The number of ether oxygens (including phenoxy) is 1. The molecular formula is C19H30O4S. The molecule has 0 radical (unpaired) electrons. The molecule has 136 valence electrons. The van der Waals surface area contributed by atoms with Crippen molar-refractivity contribution in [2.75, 3.05) is 12.9 Å². The molecule has 0 fully saturated rings. The van der Waals surface area contributed by atoms with Crippen molar-refractivity contribution >= 4 is 17.7 Å². The van der Waals surface area contributed by atoms with Crippen molar-refractivity contribution in [1.29, 1.82) is 0 Å².